The first-order valence-corrected chi connectivity index (χ1v) is 6.26. The van der Waals surface area contributed by atoms with E-state index in [0.29, 0.717) is 30.1 Å². The first-order valence-electron chi connectivity index (χ1n) is 5.89. The molecule has 1 aliphatic rings. The zero-order chi connectivity index (χ0) is 13.1. The monoisotopic (exact) mass is 268 g/mol. The second-order valence-corrected chi connectivity index (χ2v) is 4.47. The number of halogens is 1. The summed E-state index contributed by atoms with van der Waals surface area (Å²) in [5, 5.41) is 10.3. The molecule has 0 atom stereocenters. The summed E-state index contributed by atoms with van der Waals surface area (Å²) in [5.41, 5.74) is 2.39. The largest absolute Gasteiger partial charge is 0.492 e. The number of fused-ring (bicyclic) bond motifs is 1. The Hall–Kier alpha value is -1.04. The van der Waals surface area contributed by atoms with E-state index in [2.05, 4.69) is 0 Å². The molecule has 96 valence electrons. The SMILES string of the molecule is CCOC(=O)CCc1ccc(Cl)c2c1B(O)OC2. The van der Waals surface area contributed by atoms with Crippen LogP contribution in [0, 0.1) is 0 Å². The van der Waals surface area contributed by atoms with E-state index >= 15 is 0 Å². The Balaban J connectivity index is 2.15. The summed E-state index contributed by atoms with van der Waals surface area (Å²) in [6.45, 7) is 2.46. The van der Waals surface area contributed by atoms with E-state index in [1.807, 2.05) is 6.07 Å². The Morgan fingerprint density at radius 1 is 1.61 bits per heavy atom. The maximum absolute atomic E-state index is 11.3. The van der Waals surface area contributed by atoms with Gasteiger partial charge in [-0.15, -0.1) is 0 Å². The molecule has 1 aromatic rings. The molecule has 6 heteroatoms. The Labute approximate surface area is 111 Å². The minimum atomic E-state index is -0.948. The van der Waals surface area contributed by atoms with Crippen LogP contribution in [0.1, 0.15) is 24.5 Å². The molecule has 0 aliphatic carbocycles. The number of ether oxygens (including phenoxy) is 1. The van der Waals surface area contributed by atoms with E-state index in [0.717, 1.165) is 11.1 Å². The van der Waals surface area contributed by atoms with Gasteiger partial charge >= 0.3 is 13.1 Å². The van der Waals surface area contributed by atoms with Gasteiger partial charge in [0.1, 0.15) is 0 Å². The smallest absolute Gasteiger partial charge is 0.466 e. The van der Waals surface area contributed by atoms with Gasteiger partial charge in [-0.1, -0.05) is 17.7 Å². The fourth-order valence-corrected chi connectivity index (χ4v) is 2.29. The molecular formula is C12H14BClO4. The van der Waals surface area contributed by atoms with Gasteiger partial charge in [-0.2, -0.15) is 0 Å². The van der Waals surface area contributed by atoms with Crippen LogP contribution in [0.2, 0.25) is 5.02 Å². The van der Waals surface area contributed by atoms with Crippen LogP contribution in [-0.2, 0) is 27.2 Å². The van der Waals surface area contributed by atoms with Gasteiger partial charge in [0, 0.05) is 11.4 Å². The number of carbonyl (C=O) groups is 1. The molecule has 0 saturated carbocycles. The Kier molecular flexibility index (Phi) is 4.27. The number of carbonyl (C=O) groups excluding carboxylic acids is 1. The Bertz CT molecular complexity index is 464. The van der Waals surface area contributed by atoms with Gasteiger partial charge in [0.25, 0.3) is 0 Å². The molecule has 1 heterocycles. The third-order valence-corrected chi connectivity index (χ3v) is 3.28. The van der Waals surface area contributed by atoms with Gasteiger partial charge in [-0.25, -0.2) is 0 Å². The lowest BCUT2D eigenvalue weighted by Crippen LogP contribution is -2.32. The summed E-state index contributed by atoms with van der Waals surface area (Å²) >= 11 is 6.04. The molecule has 1 aromatic carbocycles. The molecule has 0 saturated heterocycles. The van der Waals surface area contributed by atoms with Crippen LogP contribution < -0.4 is 5.46 Å². The van der Waals surface area contributed by atoms with Gasteiger partial charge < -0.3 is 14.4 Å². The van der Waals surface area contributed by atoms with Gasteiger partial charge in [-0.05, 0) is 36.0 Å². The summed E-state index contributed by atoms with van der Waals surface area (Å²) < 4.78 is 10.0. The van der Waals surface area contributed by atoms with Gasteiger partial charge in [0.05, 0.1) is 13.2 Å². The molecule has 0 fully saturated rings. The topological polar surface area (TPSA) is 55.8 Å². The Morgan fingerprint density at radius 2 is 2.39 bits per heavy atom. The van der Waals surface area contributed by atoms with Crippen molar-refractivity contribution in [3.8, 4) is 0 Å². The zero-order valence-corrected chi connectivity index (χ0v) is 10.9. The average molecular weight is 269 g/mol. The second kappa shape index (κ2) is 5.74. The molecule has 0 bridgehead atoms. The third-order valence-electron chi connectivity index (χ3n) is 2.93. The van der Waals surface area contributed by atoms with Crippen LogP contribution >= 0.6 is 11.6 Å². The molecule has 2 rings (SSSR count). The highest BCUT2D eigenvalue weighted by Gasteiger charge is 2.31. The highest BCUT2D eigenvalue weighted by molar-refractivity contribution is 6.62. The van der Waals surface area contributed by atoms with Gasteiger partial charge in [0.2, 0.25) is 0 Å². The van der Waals surface area contributed by atoms with Crippen molar-refractivity contribution in [3.63, 3.8) is 0 Å². The molecule has 4 nitrogen and oxygen atoms in total. The van der Waals surface area contributed by atoms with Crippen molar-refractivity contribution in [1.82, 2.24) is 0 Å². The van der Waals surface area contributed by atoms with E-state index in [1.165, 1.54) is 0 Å². The molecule has 18 heavy (non-hydrogen) atoms. The van der Waals surface area contributed by atoms with Crippen molar-refractivity contribution in [2.75, 3.05) is 6.61 Å². The van der Waals surface area contributed by atoms with Crippen molar-refractivity contribution in [2.45, 2.75) is 26.4 Å². The summed E-state index contributed by atoms with van der Waals surface area (Å²) in [6, 6.07) is 3.58. The Morgan fingerprint density at radius 3 is 3.11 bits per heavy atom. The minimum Gasteiger partial charge on any atom is -0.466 e. The van der Waals surface area contributed by atoms with Crippen molar-refractivity contribution < 1.29 is 19.2 Å². The lowest BCUT2D eigenvalue weighted by molar-refractivity contribution is -0.143. The van der Waals surface area contributed by atoms with Crippen molar-refractivity contribution >= 4 is 30.2 Å². The minimum absolute atomic E-state index is 0.241. The number of aryl methyl sites for hydroxylation is 1. The van der Waals surface area contributed by atoms with Crippen LogP contribution in [0.3, 0.4) is 0 Å². The summed E-state index contributed by atoms with van der Waals surface area (Å²) in [5.74, 6) is -0.241. The molecule has 0 unspecified atom stereocenters. The van der Waals surface area contributed by atoms with Crippen LogP contribution in [0.15, 0.2) is 12.1 Å². The zero-order valence-electron chi connectivity index (χ0n) is 10.1. The summed E-state index contributed by atoms with van der Waals surface area (Å²) in [7, 11) is -0.948. The van der Waals surface area contributed by atoms with E-state index < -0.39 is 7.12 Å². The second-order valence-electron chi connectivity index (χ2n) is 4.07. The van der Waals surface area contributed by atoms with E-state index in [4.69, 9.17) is 21.0 Å². The van der Waals surface area contributed by atoms with E-state index in [9.17, 15) is 9.82 Å². The molecule has 0 amide bonds. The van der Waals surface area contributed by atoms with Crippen LogP contribution in [-0.4, -0.2) is 24.7 Å². The summed E-state index contributed by atoms with van der Waals surface area (Å²) in [4.78, 5) is 11.3. The van der Waals surface area contributed by atoms with Crippen LogP contribution in [0.5, 0.6) is 0 Å². The molecule has 0 aromatic heterocycles. The highest BCUT2D eigenvalue weighted by atomic mass is 35.5. The lowest BCUT2D eigenvalue weighted by atomic mass is 9.75. The van der Waals surface area contributed by atoms with Crippen molar-refractivity contribution in [1.29, 1.82) is 0 Å². The fourth-order valence-electron chi connectivity index (χ4n) is 2.07. The van der Waals surface area contributed by atoms with E-state index in [1.54, 1.807) is 13.0 Å². The summed E-state index contributed by atoms with van der Waals surface area (Å²) in [6.07, 6.45) is 0.799. The standard InChI is InChI=1S/C12H14BClO4/c1-2-17-11(15)6-4-8-3-5-10(14)9-7-18-13(16)12(8)9/h3,5,16H,2,4,6-7H2,1H3. The molecule has 1 N–H and O–H groups in total. The average Bonchev–Trinajstić information content (AvgIpc) is 2.73. The fraction of sp³-hybridized carbons (Fsp3) is 0.417. The quantitative estimate of drug-likeness (QED) is 0.655. The number of esters is 1. The molecule has 0 radical (unpaired) electrons. The van der Waals surface area contributed by atoms with Gasteiger partial charge in [0.15, 0.2) is 0 Å². The maximum atomic E-state index is 11.3. The van der Waals surface area contributed by atoms with Crippen LogP contribution in [0.4, 0.5) is 0 Å². The predicted molar refractivity (Wildman–Crippen MR) is 68.8 cm³/mol. The number of benzene rings is 1. The predicted octanol–water partition coefficient (Wildman–Crippen LogP) is 1.05. The number of hydrogen-bond acceptors (Lipinski definition) is 4. The third kappa shape index (κ3) is 2.69. The van der Waals surface area contributed by atoms with Crippen LogP contribution in [0.25, 0.3) is 0 Å². The highest BCUT2D eigenvalue weighted by Crippen LogP contribution is 2.22. The van der Waals surface area contributed by atoms with Crippen molar-refractivity contribution in [2.24, 2.45) is 0 Å². The number of rotatable bonds is 4. The normalized spacial score (nSPS) is 13.6. The first-order chi connectivity index (χ1) is 8.63. The molecule has 0 spiro atoms. The number of hydrogen-bond donors (Lipinski definition) is 1. The molecular weight excluding hydrogens is 254 g/mol. The first kappa shape index (κ1) is 13.4. The van der Waals surface area contributed by atoms with Gasteiger partial charge in [-0.3, -0.25) is 4.79 Å². The van der Waals surface area contributed by atoms with Crippen molar-refractivity contribution in [3.05, 3.63) is 28.3 Å². The maximum Gasteiger partial charge on any atom is 0.492 e. The lowest BCUT2D eigenvalue weighted by Gasteiger charge is -2.09. The van der Waals surface area contributed by atoms with E-state index in [-0.39, 0.29) is 12.4 Å². The molecule has 1 aliphatic heterocycles.